The van der Waals surface area contributed by atoms with Gasteiger partial charge in [-0.25, -0.2) is 4.79 Å². The lowest BCUT2D eigenvalue weighted by Crippen LogP contribution is -2.13. The third-order valence-corrected chi connectivity index (χ3v) is 5.37. The van der Waals surface area contributed by atoms with Gasteiger partial charge in [0, 0.05) is 15.5 Å². The number of carboxylic acids is 1. The molecule has 1 aliphatic carbocycles. The molecule has 22 heavy (non-hydrogen) atoms. The normalized spacial score (nSPS) is 16.0. The number of hydrogen-bond acceptors (Lipinski definition) is 4. The summed E-state index contributed by atoms with van der Waals surface area (Å²) < 4.78 is 0. The van der Waals surface area contributed by atoms with E-state index in [1.165, 1.54) is 32.1 Å². The molecule has 1 heterocycles. The van der Waals surface area contributed by atoms with Crippen LogP contribution in [-0.2, 0) is 0 Å². The van der Waals surface area contributed by atoms with E-state index in [1.807, 2.05) is 6.07 Å². The number of carbonyl (C=O) groups is 1. The minimum Gasteiger partial charge on any atom is -0.505 e. The maximum Gasteiger partial charge on any atom is 0.356 e. The highest BCUT2D eigenvalue weighted by molar-refractivity contribution is 8.00. The third-order valence-electron chi connectivity index (χ3n) is 4.03. The van der Waals surface area contributed by atoms with Gasteiger partial charge in [0.05, 0.1) is 5.39 Å². The van der Waals surface area contributed by atoms with Crippen molar-refractivity contribution in [3.05, 3.63) is 34.2 Å². The maximum absolute atomic E-state index is 12.1. The fourth-order valence-corrected chi connectivity index (χ4v) is 4.18. The van der Waals surface area contributed by atoms with E-state index in [0.29, 0.717) is 10.6 Å². The summed E-state index contributed by atoms with van der Waals surface area (Å²) in [6.07, 6.45) is 6.15. The van der Waals surface area contributed by atoms with Crippen molar-refractivity contribution in [2.24, 2.45) is 0 Å². The van der Waals surface area contributed by atoms with Crippen molar-refractivity contribution in [1.29, 1.82) is 0 Å². The quantitative estimate of drug-likeness (QED) is 0.807. The van der Waals surface area contributed by atoms with Crippen LogP contribution in [-0.4, -0.2) is 26.4 Å². The molecule has 0 saturated heterocycles. The molecule has 1 aromatic heterocycles. The SMILES string of the molecule is O=C(O)c1[nH]c(=O)c2cc(SC3CCCCC3)ccc2c1O. The second-order valence-electron chi connectivity index (χ2n) is 5.57. The predicted molar refractivity (Wildman–Crippen MR) is 85.9 cm³/mol. The minimum absolute atomic E-state index is 0.272. The Morgan fingerprint density at radius 1 is 1.18 bits per heavy atom. The number of hydrogen-bond donors (Lipinski definition) is 3. The number of carboxylic acid groups (broad SMARTS) is 1. The molecule has 3 rings (SSSR count). The van der Waals surface area contributed by atoms with Crippen molar-refractivity contribution in [3.63, 3.8) is 0 Å². The van der Waals surface area contributed by atoms with Crippen molar-refractivity contribution < 1.29 is 15.0 Å². The average molecular weight is 319 g/mol. The molecule has 0 atom stereocenters. The van der Waals surface area contributed by atoms with Crippen LogP contribution in [0.5, 0.6) is 5.75 Å². The smallest absolute Gasteiger partial charge is 0.356 e. The first-order valence-electron chi connectivity index (χ1n) is 7.35. The zero-order valence-electron chi connectivity index (χ0n) is 12.0. The molecule has 116 valence electrons. The van der Waals surface area contributed by atoms with E-state index in [9.17, 15) is 14.7 Å². The van der Waals surface area contributed by atoms with E-state index in [-0.39, 0.29) is 5.39 Å². The number of aromatic carboxylic acids is 1. The summed E-state index contributed by atoms with van der Waals surface area (Å²) in [5.41, 5.74) is -0.957. The highest BCUT2D eigenvalue weighted by Crippen LogP contribution is 2.35. The van der Waals surface area contributed by atoms with Gasteiger partial charge in [-0.1, -0.05) is 19.3 Å². The maximum atomic E-state index is 12.1. The van der Waals surface area contributed by atoms with Gasteiger partial charge in [0.1, 0.15) is 0 Å². The van der Waals surface area contributed by atoms with E-state index in [0.717, 1.165) is 4.90 Å². The number of aromatic nitrogens is 1. The molecule has 0 amide bonds. The number of fused-ring (bicyclic) bond motifs is 1. The number of H-pyrrole nitrogens is 1. The zero-order valence-corrected chi connectivity index (χ0v) is 12.8. The summed E-state index contributed by atoms with van der Waals surface area (Å²) in [7, 11) is 0. The van der Waals surface area contributed by atoms with Crippen LogP contribution >= 0.6 is 11.8 Å². The molecule has 1 aliphatic rings. The summed E-state index contributed by atoms with van der Waals surface area (Å²) in [6, 6.07) is 5.20. The van der Waals surface area contributed by atoms with Crippen LogP contribution in [0.25, 0.3) is 10.8 Å². The molecule has 0 bridgehead atoms. The van der Waals surface area contributed by atoms with E-state index in [4.69, 9.17) is 5.11 Å². The molecular weight excluding hydrogens is 302 g/mol. The minimum atomic E-state index is -1.35. The summed E-state index contributed by atoms with van der Waals surface area (Å²) in [5.74, 6) is -1.74. The molecule has 1 fully saturated rings. The van der Waals surface area contributed by atoms with Crippen LogP contribution in [0.2, 0.25) is 0 Å². The van der Waals surface area contributed by atoms with Gasteiger partial charge in [0.2, 0.25) is 0 Å². The van der Waals surface area contributed by atoms with E-state index < -0.39 is 23.0 Å². The Kier molecular flexibility index (Phi) is 4.11. The number of aromatic hydroxyl groups is 1. The first-order chi connectivity index (χ1) is 10.6. The third kappa shape index (κ3) is 2.83. The predicted octanol–water partition coefficient (Wildman–Crippen LogP) is 3.36. The number of aromatic amines is 1. The highest BCUT2D eigenvalue weighted by Gasteiger charge is 2.18. The molecule has 6 heteroatoms. The second-order valence-corrected chi connectivity index (χ2v) is 6.94. The molecule has 0 spiro atoms. The molecule has 5 nitrogen and oxygen atoms in total. The van der Waals surface area contributed by atoms with Crippen molar-refractivity contribution in [1.82, 2.24) is 4.98 Å². The molecule has 0 unspecified atom stereocenters. The molecular formula is C16H17NO4S. The highest BCUT2D eigenvalue weighted by atomic mass is 32.2. The van der Waals surface area contributed by atoms with Gasteiger partial charge < -0.3 is 15.2 Å². The van der Waals surface area contributed by atoms with Crippen LogP contribution in [0.15, 0.2) is 27.9 Å². The topological polar surface area (TPSA) is 90.4 Å². The van der Waals surface area contributed by atoms with E-state index >= 15 is 0 Å². The second kappa shape index (κ2) is 6.04. The molecule has 1 saturated carbocycles. The van der Waals surface area contributed by atoms with Gasteiger partial charge in [0.15, 0.2) is 11.4 Å². The van der Waals surface area contributed by atoms with Crippen LogP contribution in [0.1, 0.15) is 42.6 Å². The number of thioether (sulfide) groups is 1. The average Bonchev–Trinajstić information content (AvgIpc) is 2.51. The zero-order chi connectivity index (χ0) is 15.7. The van der Waals surface area contributed by atoms with Crippen molar-refractivity contribution in [3.8, 4) is 5.75 Å². The molecule has 0 radical (unpaired) electrons. The van der Waals surface area contributed by atoms with Gasteiger partial charge in [0.25, 0.3) is 5.56 Å². The summed E-state index contributed by atoms with van der Waals surface area (Å²) in [6.45, 7) is 0. The fourth-order valence-electron chi connectivity index (χ4n) is 2.90. The fraction of sp³-hybridized carbons (Fsp3) is 0.375. The first kappa shape index (κ1) is 15.0. The van der Waals surface area contributed by atoms with Crippen molar-refractivity contribution >= 4 is 28.5 Å². The van der Waals surface area contributed by atoms with Crippen LogP contribution < -0.4 is 5.56 Å². The molecule has 0 aliphatic heterocycles. The largest absolute Gasteiger partial charge is 0.505 e. The Morgan fingerprint density at radius 2 is 1.91 bits per heavy atom. The Bertz CT molecular complexity index is 778. The Balaban J connectivity index is 1.99. The number of pyridine rings is 1. The van der Waals surface area contributed by atoms with Gasteiger partial charge in [-0.15, -0.1) is 11.8 Å². The van der Waals surface area contributed by atoms with Gasteiger partial charge in [-0.3, -0.25) is 4.79 Å². The Labute approximate surface area is 131 Å². The lowest BCUT2D eigenvalue weighted by molar-refractivity contribution is 0.0687. The van der Waals surface area contributed by atoms with Gasteiger partial charge >= 0.3 is 5.97 Å². The van der Waals surface area contributed by atoms with Crippen molar-refractivity contribution in [2.45, 2.75) is 42.2 Å². The first-order valence-corrected chi connectivity index (χ1v) is 8.23. The van der Waals surface area contributed by atoms with Crippen LogP contribution in [0.4, 0.5) is 0 Å². The monoisotopic (exact) mass is 319 g/mol. The van der Waals surface area contributed by atoms with Gasteiger partial charge in [-0.2, -0.15) is 0 Å². The number of rotatable bonds is 3. The lowest BCUT2D eigenvalue weighted by Gasteiger charge is -2.21. The number of benzene rings is 1. The molecule has 1 aromatic carbocycles. The van der Waals surface area contributed by atoms with Gasteiger partial charge in [-0.05, 0) is 31.0 Å². The summed E-state index contributed by atoms with van der Waals surface area (Å²) in [4.78, 5) is 26.3. The van der Waals surface area contributed by atoms with Crippen molar-refractivity contribution in [2.75, 3.05) is 0 Å². The Morgan fingerprint density at radius 3 is 2.59 bits per heavy atom. The molecule has 3 N–H and O–H groups in total. The lowest BCUT2D eigenvalue weighted by atomic mass is 10.0. The summed E-state index contributed by atoms with van der Waals surface area (Å²) in [5, 5.41) is 20.1. The van der Waals surface area contributed by atoms with E-state index in [2.05, 4.69) is 4.98 Å². The summed E-state index contributed by atoms with van der Waals surface area (Å²) >= 11 is 1.75. The number of nitrogens with one attached hydrogen (secondary N) is 1. The molecule has 2 aromatic rings. The van der Waals surface area contributed by atoms with Crippen LogP contribution in [0.3, 0.4) is 0 Å². The van der Waals surface area contributed by atoms with Crippen LogP contribution in [0, 0.1) is 0 Å². The Hall–Kier alpha value is -1.95. The van der Waals surface area contributed by atoms with E-state index in [1.54, 1.807) is 23.9 Å². The standard InChI is InChI=1S/C16H17NO4S/c18-14-11-7-6-10(22-9-4-2-1-3-5-9)8-12(11)15(19)17-13(14)16(20)21/h6-9,18H,1-5H2,(H,17,19)(H,20,21).